The average molecular weight is 428 g/mol. The molecule has 1 saturated heterocycles. The summed E-state index contributed by atoms with van der Waals surface area (Å²) >= 11 is 0. The molecule has 0 aromatic carbocycles. The van der Waals surface area contributed by atoms with Crippen LogP contribution in [0.15, 0.2) is 18.5 Å². The van der Waals surface area contributed by atoms with Crippen molar-refractivity contribution in [1.29, 1.82) is 0 Å². The number of carbonyl (C=O) groups is 4. The zero-order valence-corrected chi connectivity index (χ0v) is 17.1. The van der Waals surface area contributed by atoms with Crippen molar-refractivity contribution in [2.45, 2.75) is 51.2 Å². The summed E-state index contributed by atoms with van der Waals surface area (Å²) in [4.78, 5) is 46.1. The summed E-state index contributed by atoms with van der Waals surface area (Å²) < 4.78 is 0. The summed E-state index contributed by atoms with van der Waals surface area (Å²) in [5.41, 5.74) is 0.0359. The summed E-state index contributed by atoms with van der Waals surface area (Å²) in [6.07, 6.45) is 4.19. The molecule has 1 aliphatic heterocycles. The second-order valence-corrected chi connectivity index (χ2v) is 6.87. The Bertz CT molecular complexity index is 731. The van der Waals surface area contributed by atoms with Gasteiger partial charge in [-0.3, -0.25) is 24.3 Å². The topological polar surface area (TPSA) is 186 Å². The lowest BCUT2D eigenvalue weighted by Gasteiger charge is -2.20. The molecule has 5 N–H and O–H groups in total. The van der Waals surface area contributed by atoms with Crippen LogP contribution in [0.2, 0.25) is 0 Å². The Kier molecular flexibility index (Phi) is 11.2. The lowest BCUT2D eigenvalue weighted by molar-refractivity contribution is -0.170. The van der Waals surface area contributed by atoms with Crippen molar-refractivity contribution < 1.29 is 44.7 Å². The third-order valence-electron chi connectivity index (χ3n) is 4.24. The molecule has 2 rings (SSSR count). The highest BCUT2D eigenvalue weighted by atomic mass is 16.4. The number of aliphatic carboxylic acids is 4. The maximum absolute atomic E-state index is 10.3. The molecule has 0 saturated carbocycles. The van der Waals surface area contributed by atoms with Gasteiger partial charge in [-0.15, -0.1) is 0 Å². The van der Waals surface area contributed by atoms with Crippen molar-refractivity contribution in [1.82, 2.24) is 9.88 Å². The molecule has 0 spiro atoms. The van der Waals surface area contributed by atoms with E-state index in [1.807, 2.05) is 12.4 Å². The fraction of sp³-hybridized carbons (Fsp3) is 0.526. The van der Waals surface area contributed by atoms with Gasteiger partial charge in [-0.05, 0) is 50.6 Å². The van der Waals surface area contributed by atoms with Crippen molar-refractivity contribution in [2.75, 3.05) is 13.6 Å². The lowest BCUT2D eigenvalue weighted by atomic mass is 9.96. The maximum Gasteiger partial charge on any atom is 0.336 e. The van der Waals surface area contributed by atoms with E-state index in [1.54, 1.807) is 0 Å². The number of aromatic nitrogens is 1. The van der Waals surface area contributed by atoms with Crippen molar-refractivity contribution in [3.05, 3.63) is 29.6 Å². The molecule has 1 aliphatic rings. The minimum Gasteiger partial charge on any atom is -0.481 e. The van der Waals surface area contributed by atoms with E-state index in [1.165, 1.54) is 30.5 Å². The Labute approximate surface area is 173 Å². The number of carboxylic acid groups (broad SMARTS) is 4. The molecule has 0 radical (unpaired) electrons. The Morgan fingerprint density at radius 2 is 1.63 bits per heavy atom. The molecular formula is C19H28N2O9. The monoisotopic (exact) mass is 428 g/mol. The second-order valence-electron chi connectivity index (χ2n) is 6.87. The zero-order valence-electron chi connectivity index (χ0n) is 17.1. The van der Waals surface area contributed by atoms with Crippen LogP contribution in [0.4, 0.5) is 0 Å². The van der Waals surface area contributed by atoms with Crippen molar-refractivity contribution in [3.63, 3.8) is 0 Å². The van der Waals surface area contributed by atoms with E-state index in [0.717, 1.165) is 6.92 Å². The number of aryl methyl sites for hydroxylation is 1. The van der Waals surface area contributed by atoms with Gasteiger partial charge in [0, 0.05) is 25.4 Å². The van der Waals surface area contributed by atoms with Crippen molar-refractivity contribution >= 4 is 23.9 Å². The van der Waals surface area contributed by atoms with Crippen LogP contribution in [0.25, 0.3) is 0 Å². The fourth-order valence-electron chi connectivity index (χ4n) is 2.84. The largest absolute Gasteiger partial charge is 0.481 e. The molecule has 30 heavy (non-hydrogen) atoms. The van der Waals surface area contributed by atoms with Crippen LogP contribution in [0.5, 0.6) is 0 Å². The van der Waals surface area contributed by atoms with Crippen LogP contribution in [-0.4, -0.2) is 78.5 Å². The highest BCUT2D eigenvalue weighted by molar-refractivity contribution is 5.88. The van der Waals surface area contributed by atoms with Crippen molar-refractivity contribution in [3.8, 4) is 0 Å². The zero-order chi connectivity index (χ0) is 23.5. The summed E-state index contributed by atoms with van der Waals surface area (Å²) in [6, 6.07) is 2.70. The summed E-state index contributed by atoms with van der Waals surface area (Å²) in [7, 11) is 2.20. The van der Waals surface area contributed by atoms with E-state index in [9.17, 15) is 14.4 Å². The Hall–Kier alpha value is -3.05. The van der Waals surface area contributed by atoms with Gasteiger partial charge in [0.15, 0.2) is 5.60 Å². The van der Waals surface area contributed by atoms with Crippen LogP contribution >= 0.6 is 0 Å². The molecule has 11 nitrogen and oxygen atoms in total. The molecule has 1 aromatic rings. The Morgan fingerprint density at radius 1 is 1.13 bits per heavy atom. The maximum atomic E-state index is 10.3. The predicted octanol–water partition coefficient (Wildman–Crippen LogP) is 0.999. The molecule has 1 aromatic heterocycles. The van der Waals surface area contributed by atoms with Gasteiger partial charge in [0.25, 0.3) is 5.97 Å². The number of hydrogen-bond donors (Lipinski definition) is 5. The van der Waals surface area contributed by atoms with Crippen LogP contribution in [0, 0.1) is 6.92 Å². The van der Waals surface area contributed by atoms with E-state index in [2.05, 4.69) is 29.9 Å². The molecule has 11 heteroatoms. The first kappa shape index (κ1) is 27.0. The minimum atomic E-state index is -2.74. The third kappa shape index (κ3) is 9.94. The first-order valence-electron chi connectivity index (χ1n) is 8.99. The number of rotatable bonds is 6. The number of likely N-dealkylation sites (tertiary alicyclic amines) is 1. The van der Waals surface area contributed by atoms with Crippen LogP contribution in [-0.2, 0) is 19.2 Å². The number of pyridine rings is 1. The molecular weight excluding hydrogens is 400 g/mol. The summed E-state index contributed by atoms with van der Waals surface area (Å²) in [5.74, 6) is -5.85. The minimum absolute atomic E-state index is 0.605. The van der Waals surface area contributed by atoms with E-state index < -0.39 is 42.3 Å². The normalized spacial score (nSPS) is 15.8. The van der Waals surface area contributed by atoms with Crippen molar-refractivity contribution in [2.24, 2.45) is 0 Å². The van der Waals surface area contributed by atoms with Gasteiger partial charge < -0.3 is 25.5 Å². The van der Waals surface area contributed by atoms with Crippen LogP contribution < -0.4 is 0 Å². The molecule has 2 heterocycles. The van der Waals surface area contributed by atoms with Gasteiger partial charge >= 0.3 is 17.9 Å². The first-order valence-corrected chi connectivity index (χ1v) is 8.99. The molecule has 1 fully saturated rings. The molecule has 1 atom stereocenters. The highest BCUT2D eigenvalue weighted by Crippen LogP contribution is 2.31. The quantitative estimate of drug-likeness (QED) is 0.435. The highest BCUT2D eigenvalue weighted by Gasteiger charge is 2.40. The van der Waals surface area contributed by atoms with Gasteiger partial charge in [-0.1, -0.05) is 0 Å². The van der Waals surface area contributed by atoms with E-state index in [0.29, 0.717) is 6.04 Å². The molecule has 0 amide bonds. The average Bonchev–Trinajstić information content (AvgIpc) is 2.99. The van der Waals surface area contributed by atoms with E-state index in [-0.39, 0.29) is 0 Å². The van der Waals surface area contributed by atoms with Gasteiger partial charge in [0.2, 0.25) is 0 Å². The second kappa shape index (κ2) is 12.5. The molecule has 0 bridgehead atoms. The number of aliphatic hydroxyl groups is 1. The molecule has 168 valence electrons. The SMILES string of the molecule is CC(=O)O.Cc1ccncc1[C@@H]1CCCN1C.O=C(O)CC(O)(CC(=O)O)C(=O)O. The van der Waals surface area contributed by atoms with Crippen LogP contribution in [0.1, 0.15) is 49.8 Å². The smallest absolute Gasteiger partial charge is 0.336 e. The Morgan fingerprint density at radius 3 is 1.97 bits per heavy atom. The lowest BCUT2D eigenvalue weighted by Crippen LogP contribution is -2.42. The Balaban J connectivity index is 0.000000477. The van der Waals surface area contributed by atoms with Gasteiger partial charge in [-0.25, -0.2) is 4.79 Å². The first-order chi connectivity index (χ1) is 13.8. The van der Waals surface area contributed by atoms with Gasteiger partial charge in [-0.2, -0.15) is 0 Å². The molecule has 0 unspecified atom stereocenters. The fourth-order valence-corrected chi connectivity index (χ4v) is 2.84. The number of hydrogen-bond acceptors (Lipinski definition) is 7. The standard InChI is InChI=1S/C11H16N2.C6H8O7.C2H4O2/c1-9-5-6-12-8-10(9)11-4-3-7-13(11)2;7-3(8)1-6(13,5(11)12)2-4(9)10;1-2(3)4/h5-6,8,11H,3-4,7H2,1-2H3;13H,1-2H2,(H,7,8)(H,9,10)(H,11,12);1H3,(H,3,4)/t11-;;/m0../s1. The number of carboxylic acids is 4. The summed E-state index contributed by atoms with van der Waals surface area (Å²) in [6.45, 7) is 4.47. The van der Waals surface area contributed by atoms with Gasteiger partial charge in [0.05, 0.1) is 12.8 Å². The van der Waals surface area contributed by atoms with E-state index >= 15 is 0 Å². The summed E-state index contributed by atoms with van der Waals surface area (Å²) in [5, 5.41) is 41.2. The van der Waals surface area contributed by atoms with Gasteiger partial charge in [0.1, 0.15) is 0 Å². The van der Waals surface area contributed by atoms with Crippen LogP contribution in [0.3, 0.4) is 0 Å². The predicted molar refractivity (Wildman–Crippen MR) is 104 cm³/mol. The van der Waals surface area contributed by atoms with E-state index in [4.69, 9.17) is 30.3 Å². The third-order valence-corrected chi connectivity index (χ3v) is 4.24. The number of nitrogens with zero attached hydrogens (tertiary/aromatic N) is 2. The molecule has 0 aliphatic carbocycles.